The SMILES string of the molecule is CSc1nnc(Sc2ccc(C)cc2CO)s1. The minimum atomic E-state index is 0.0538. The van der Waals surface area contributed by atoms with Crippen LogP contribution in [0, 0.1) is 6.92 Å². The fraction of sp³-hybridized carbons (Fsp3) is 0.273. The number of aryl methyl sites for hydroxylation is 1. The molecule has 0 saturated heterocycles. The number of aliphatic hydroxyl groups is 1. The zero-order valence-electron chi connectivity index (χ0n) is 9.51. The van der Waals surface area contributed by atoms with Gasteiger partial charge in [0.25, 0.3) is 0 Å². The number of thioether (sulfide) groups is 1. The summed E-state index contributed by atoms with van der Waals surface area (Å²) in [5, 5.41) is 17.5. The molecular formula is C11H12N2OS3. The van der Waals surface area contributed by atoms with Crippen LogP contribution in [0.4, 0.5) is 0 Å². The highest BCUT2D eigenvalue weighted by Crippen LogP contribution is 2.34. The zero-order chi connectivity index (χ0) is 12.3. The molecule has 0 fully saturated rings. The molecule has 6 heteroatoms. The summed E-state index contributed by atoms with van der Waals surface area (Å²) in [7, 11) is 0. The van der Waals surface area contributed by atoms with Gasteiger partial charge in [0.2, 0.25) is 0 Å². The van der Waals surface area contributed by atoms with Crippen molar-refractivity contribution in [2.24, 2.45) is 0 Å². The molecule has 0 unspecified atom stereocenters. The van der Waals surface area contributed by atoms with Crippen LogP contribution in [-0.2, 0) is 6.61 Å². The topological polar surface area (TPSA) is 46.0 Å². The van der Waals surface area contributed by atoms with E-state index in [0.717, 1.165) is 24.7 Å². The van der Waals surface area contributed by atoms with Crippen molar-refractivity contribution in [2.75, 3.05) is 6.26 Å². The highest BCUT2D eigenvalue weighted by Gasteiger charge is 2.08. The molecule has 1 aromatic heterocycles. The molecular weight excluding hydrogens is 272 g/mol. The highest BCUT2D eigenvalue weighted by molar-refractivity contribution is 8.03. The standard InChI is InChI=1S/C11H12N2OS3/c1-7-3-4-9(8(5-7)6-14)16-11-13-12-10(15-2)17-11/h3-5,14H,6H2,1-2H3. The lowest BCUT2D eigenvalue weighted by Crippen LogP contribution is -1.88. The van der Waals surface area contributed by atoms with Gasteiger partial charge in [-0.15, -0.1) is 10.2 Å². The summed E-state index contributed by atoms with van der Waals surface area (Å²) in [5.74, 6) is 0. The Morgan fingerprint density at radius 1 is 1.29 bits per heavy atom. The number of hydrogen-bond acceptors (Lipinski definition) is 6. The fourth-order valence-corrected chi connectivity index (χ4v) is 3.84. The van der Waals surface area contributed by atoms with Gasteiger partial charge in [-0.3, -0.25) is 0 Å². The van der Waals surface area contributed by atoms with Crippen LogP contribution in [0.3, 0.4) is 0 Å². The Balaban J connectivity index is 2.23. The normalized spacial score (nSPS) is 10.8. The average molecular weight is 284 g/mol. The van der Waals surface area contributed by atoms with Gasteiger partial charge in [0.1, 0.15) is 0 Å². The molecule has 0 saturated carbocycles. The van der Waals surface area contributed by atoms with E-state index in [4.69, 9.17) is 0 Å². The molecule has 17 heavy (non-hydrogen) atoms. The monoisotopic (exact) mass is 284 g/mol. The maximum Gasteiger partial charge on any atom is 0.179 e. The van der Waals surface area contributed by atoms with Crippen molar-refractivity contribution in [2.45, 2.75) is 27.1 Å². The van der Waals surface area contributed by atoms with E-state index in [0.29, 0.717) is 0 Å². The second-order valence-electron chi connectivity index (χ2n) is 3.41. The molecule has 1 heterocycles. The minimum absolute atomic E-state index is 0.0538. The van der Waals surface area contributed by atoms with Crippen molar-refractivity contribution >= 4 is 34.9 Å². The van der Waals surface area contributed by atoms with E-state index in [2.05, 4.69) is 10.2 Å². The lowest BCUT2D eigenvalue weighted by molar-refractivity contribution is 0.279. The summed E-state index contributed by atoms with van der Waals surface area (Å²) in [5.41, 5.74) is 2.09. The van der Waals surface area contributed by atoms with E-state index < -0.39 is 0 Å². The van der Waals surface area contributed by atoms with Crippen LogP contribution in [0.2, 0.25) is 0 Å². The van der Waals surface area contributed by atoms with E-state index in [1.807, 2.05) is 31.4 Å². The molecule has 3 nitrogen and oxygen atoms in total. The third kappa shape index (κ3) is 3.22. The molecule has 0 bridgehead atoms. The summed E-state index contributed by atoms with van der Waals surface area (Å²) in [6.07, 6.45) is 1.99. The summed E-state index contributed by atoms with van der Waals surface area (Å²) in [4.78, 5) is 1.04. The average Bonchev–Trinajstić information content (AvgIpc) is 2.79. The van der Waals surface area contributed by atoms with Crippen molar-refractivity contribution in [3.8, 4) is 0 Å². The lowest BCUT2D eigenvalue weighted by atomic mass is 10.1. The van der Waals surface area contributed by atoms with Gasteiger partial charge in [0.15, 0.2) is 8.68 Å². The summed E-state index contributed by atoms with van der Waals surface area (Å²) in [6, 6.07) is 6.06. The van der Waals surface area contributed by atoms with Gasteiger partial charge in [0.05, 0.1) is 6.61 Å². The minimum Gasteiger partial charge on any atom is -0.392 e. The predicted molar refractivity (Wildman–Crippen MR) is 72.9 cm³/mol. The number of benzene rings is 1. The van der Waals surface area contributed by atoms with Crippen molar-refractivity contribution in [3.63, 3.8) is 0 Å². The van der Waals surface area contributed by atoms with E-state index in [1.165, 1.54) is 0 Å². The Labute approximate surface area is 113 Å². The third-order valence-corrected chi connectivity index (χ3v) is 5.21. The summed E-state index contributed by atoms with van der Waals surface area (Å²) in [6.45, 7) is 2.07. The molecule has 2 aromatic rings. The third-order valence-electron chi connectivity index (χ3n) is 2.15. The van der Waals surface area contributed by atoms with E-state index in [1.54, 1.807) is 34.9 Å². The van der Waals surface area contributed by atoms with Crippen LogP contribution in [-0.4, -0.2) is 21.6 Å². The first-order valence-electron chi connectivity index (χ1n) is 4.98. The van der Waals surface area contributed by atoms with Gasteiger partial charge in [-0.1, -0.05) is 52.6 Å². The van der Waals surface area contributed by atoms with Crippen LogP contribution in [0.1, 0.15) is 11.1 Å². The van der Waals surface area contributed by atoms with Gasteiger partial charge in [-0.2, -0.15) is 0 Å². The first-order valence-corrected chi connectivity index (χ1v) is 7.84. The molecule has 0 aliphatic heterocycles. The number of nitrogens with zero attached hydrogens (tertiary/aromatic N) is 2. The molecule has 0 aliphatic rings. The molecule has 0 aliphatic carbocycles. The van der Waals surface area contributed by atoms with Gasteiger partial charge >= 0.3 is 0 Å². The first-order chi connectivity index (χ1) is 8.22. The largest absolute Gasteiger partial charge is 0.392 e. The van der Waals surface area contributed by atoms with E-state index in [9.17, 15) is 5.11 Å². The van der Waals surface area contributed by atoms with Crippen LogP contribution in [0.15, 0.2) is 31.8 Å². The number of aromatic nitrogens is 2. The number of aliphatic hydroxyl groups excluding tert-OH is 1. The molecule has 0 amide bonds. The molecule has 1 aromatic carbocycles. The lowest BCUT2D eigenvalue weighted by Gasteiger charge is -2.05. The Morgan fingerprint density at radius 3 is 2.71 bits per heavy atom. The van der Waals surface area contributed by atoms with Crippen LogP contribution in [0.5, 0.6) is 0 Å². The van der Waals surface area contributed by atoms with Gasteiger partial charge in [0, 0.05) is 4.90 Å². The second-order valence-corrected chi connectivity index (χ2v) is 6.73. The fourth-order valence-electron chi connectivity index (χ4n) is 1.35. The van der Waals surface area contributed by atoms with Gasteiger partial charge < -0.3 is 5.11 Å². The Bertz CT molecular complexity index is 513. The van der Waals surface area contributed by atoms with Crippen molar-refractivity contribution in [1.29, 1.82) is 0 Å². The summed E-state index contributed by atoms with van der Waals surface area (Å²) >= 11 is 4.72. The molecule has 90 valence electrons. The van der Waals surface area contributed by atoms with Crippen molar-refractivity contribution in [3.05, 3.63) is 29.3 Å². The second kappa shape index (κ2) is 5.86. The highest BCUT2D eigenvalue weighted by atomic mass is 32.2. The van der Waals surface area contributed by atoms with Crippen LogP contribution < -0.4 is 0 Å². The Hall–Kier alpha value is -0.560. The van der Waals surface area contributed by atoms with Crippen molar-refractivity contribution in [1.82, 2.24) is 10.2 Å². The first kappa shape index (κ1) is 12.9. The van der Waals surface area contributed by atoms with E-state index in [-0.39, 0.29) is 6.61 Å². The molecule has 0 atom stereocenters. The maximum atomic E-state index is 9.32. The number of rotatable bonds is 4. The van der Waals surface area contributed by atoms with Gasteiger partial charge in [-0.25, -0.2) is 0 Å². The summed E-state index contributed by atoms with van der Waals surface area (Å²) < 4.78 is 1.87. The van der Waals surface area contributed by atoms with Crippen LogP contribution in [0.25, 0.3) is 0 Å². The quantitative estimate of drug-likeness (QED) is 0.874. The Morgan fingerprint density at radius 2 is 2.06 bits per heavy atom. The number of hydrogen-bond donors (Lipinski definition) is 1. The van der Waals surface area contributed by atoms with Gasteiger partial charge in [-0.05, 0) is 24.8 Å². The molecule has 1 N–H and O–H groups in total. The van der Waals surface area contributed by atoms with E-state index >= 15 is 0 Å². The predicted octanol–water partition coefficient (Wildman–Crippen LogP) is 3.21. The molecule has 0 radical (unpaired) electrons. The Kier molecular flexibility index (Phi) is 4.44. The molecule has 2 rings (SSSR count). The molecule has 0 spiro atoms. The van der Waals surface area contributed by atoms with Crippen molar-refractivity contribution < 1.29 is 5.11 Å². The zero-order valence-corrected chi connectivity index (χ0v) is 12.0. The van der Waals surface area contributed by atoms with Crippen LogP contribution >= 0.6 is 34.9 Å². The maximum absolute atomic E-state index is 9.32. The smallest absolute Gasteiger partial charge is 0.179 e.